The number of pyridine rings is 1. The summed E-state index contributed by atoms with van der Waals surface area (Å²) in [6, 6.07) is 3.77. The summed E-state index contributed by atoms with van der Waals surface area (Å²) in [5.74, 6) is 0.775. The Morgan fingerprint density at radius 1 is 1.33 bits per heavy atom. The monoisotopic (exact) mass is 264 g/mol. The Labute approximate surface area is 109 Å². The molecule has 0 aliphatic heterocycles. The van der Waals surface area contributed by atoms with Gasteiger partial charge in [0.25, 0.3) is 0 Å². The molecule has 2 aromatic heterocycles. The molecular weight excluding hydrogens is 248 g/mol. The second-order valence-electron chi connectivity index (χ2n) is 4.12. The highest BCUT2D eigenvalue weighted by molar-refractivity contribution is 7.84. The van der Waals surface area contributed by atoms with Crippen LogP contribution in [0.5, 0.6) is 0 Å². The minimum absolute atomic E-state index is 0.192. The van der Waals surface area contributed by atoms with E-state index in [0.29, 0.717) is 5.65 Å². The predicted molar refractivity (Wildman–Crippen MR) is 74.0 cm³/mol. The van der Waals surface area contributed by atoms with Gasteiger partial charge < -0.3 is 5.32 Å². The highest BCUT2D eigenvalue weighted by Gasteiger charge is 2.05. The highest BCUT2D eigenvalue weighted by atomic mass is 32.2. The molecule has 2 aromatic rings. The number of nitrogens with zero attached hydrogens (tertiary/aromatic N) is 3. The van der Waals surface area contributed by atoms with Crippen LogP contribution in [0.2, 0.25) is 0 Å². The Bertz CT molecular complexity index is 561. The highest BCUT2D eigenvalue weighted by Crippen LogP contribution is 2.10. The lowest BCUT2D eigenvalue weighted by Crippen LogP contribution is -2.15. The minimum Gasteiger partial charge on any atom is -0.370 e. The van der Waals surface area contributed by atoms with Crippen molar-refractivity contribution in [1.82, 2.24) is 15.0 Å². The summed E-state index contributed by atoms with van der Waals surface area (Å²) in [4.78, 5) is 12.7. The first-order valence-electron chi connectivity index (χ1n) is 5.80. The second kappa shape index (κ2) is 5.86. The average molecular weight is 264 g/mol. The van der Waals surface area contributed by atoms with Crippen LogP contribution >= 0.6 is 0 Å². The van der Waals surface area contributed by atoms with Gasteiger partial charge in [0.2, 0.25) is 0 Å². The molecule has 18 heavy (non-hydrogen) atoms. The van der Waals surface area contributed by atoms with E-state index >= 15 is 0 Å². The average Bonchev–Trinajstić information content (AvgIpc) is 2.38. The van der Waals surface area contributed by atoms with Gasteiger partial charge >= 0.3 is 0 Å². The third-order valence-corrected chi connectivity index (χ3v) is 4.12. The van der Waals surface area contributed by atoms with Crippen molar-refractivity contribution in [2.45, 2.75) is 18.6 Å². The molecule has 0 amide bonds. The first kappa shape index (κ1) is 12.9. The molecule has 96 valence electrons. The third-order valence-electron chi connectivity index (χ3n) is 2.76. The fourth-order valence-corrected chi connectivity index (χ4v) is 1.97. The van der Waals surface area contributed by atoms with Gasteiger partial charge in [0.15, 0.2) is 5.65 Å². The SMILES string of the molecule is CC(CCNc1ccc2nccnc2n1)S(C)=O. The van der Waals surface area contributed by atoms with Crippen molar-refractivity contribution in [2.75, 3.05) is 18.1 Å². The minimum atomic E-state index is -0.773. The van der Waals surface area contributed by atoms with E-state index in [4.69, 9.17) is 0 Å². The number of hydrogen-bond acceptors (Lipinski definition) is 5. The molecule has 0 saturated carbocycles. The summed E-state index contributed by atoms with van der Waals surface area (Å²) in [5, 5.41) is 3.40. The Morgan fingerprint density at radius 2 is 2.11 bits per heavy atom. The Morgan fingerprint density at radius 3 is 2.89 bits per heavy atom. The summed E-state index contributed by atoms with van der Waals surface area (Å²) in [6.45, 7) is 2.73. The molecule has 2 heterocycles. The molecule has 0 aromatic carbocycles. The van der Waals surface area contributed by atoms with Crippen molar-refractivity contribution in [3.8, 4) is 0 Å². The third kappa shape index (κ3) is 3.22. The second-order valence-corrected chi connectivity index (χ2v) is 5.92. The molecular formula is C12H16N4OS. The van der Waals surface area contributed by atoms with Crippen molar-refractivity contribution in [3.63, 3.8) is 0 Å². The van der Waals surface area contributed by atoms with Gasteiger partial charge in [-0.3, -0.25) is 9.19 Å². The van der Waals surface area contributed by atoms with Crippen LogP contribution in [0.1, 0.15) is 13.3 Å². The molecule has 0 bridgehead atoms. The number of aromatic nitrogens is 3. The van der Waals surface area contributed by atoms with Crippen LogP contribution in [-0.4, -0.2) is 37.2 Å². The summed E-state index contributed by atoms with van der Waals surface area (Å²) >= 11 is 0. The van der Waals surface area contributed by atoms with Gasteiger partial charge in [-0.15, -0.1) is 0 Å². The molecule has 2 rings (SSSR count). The summed E-state index contributed by atoms with van der Waals surface area (Å²) in [5.41, 5.74) is 1.42. The van der Waals surface area contributed by atoms with E-state index in [2.05, 4.69) is 20.3 Å². The van der Waals surface area contributed by atoms with Crippen LogP contribution in [0, 0.1) is 0 Å². The van der Waals surface area contributed by atoms with Gasteiger partial charge in [-0.25, -0.2) is 9.97 Å². The molecule has 1 N–H and O–H groups in total. The van der Waals surface area contributed by atoms with Crippen LogP contribution in [0.3, 0.4) is 0 Å². The van der Waals surface area contributed by atoms with E-state index in [-0.39, 0.29) is 5.25 Å². The normalized spacial score (nSPS) is 14.3. The Balaban J connectivity index is 1.98. The molecule has 0 aliphatic rings. The first-order valence-corrected chi connectivity index (χ1v) is 7.43. The van der Waals surface area contributed by atoms with Crippen LogP contribution < -0.4 is 5.32 Å². The fourth-order valence-electron chi connectivity index (χ4n) is 1.52. The predicted octanol–water partition coefficient (Wildman–Crippen LogP) is 1.59. The fraction of sp³-hybridized carbons (Fsp3) is 0.417. The van der Waals surface area contributed by atoms with Crippen LogP contribution in [-0.2, 0) is 10.8 Å². The molecule has 2 unspecified atom stereocenters. The van der Waals surface area contributed by atoms with Crippen molar-refractivity contribution in [3.05, 3.63) is 24.5 Å². The topological polar surface area (TPSA) is 67.8 Å². The van der Waals surface area contributed by atoms with Crippen LogP contribution in [0.25, 0.3) is 11.2 Å². The maximum Gasteiger partial charge on any atom is 0.180 e. The van der Waals surface area contributed by atoms with Gasteiger partial charge in [-0.1, -0.05) is 6.92 Å². The van der Waals surface area contributed by atoms with Gasteiger partial charge in [0, 0.05) is 41.2 Å². The lowest BCUT2D eigenvalue weighted by Gasteiger charge is -2.09. The molecule has 6 heteroatoms. The quantitative estimate of drug-likeness (QED) is 0.888. The molecule has 2 atom stereocenters. The standard InChI is InChI=1S/C12H16N4OS/c1-9(18(2)17)5-6-14-11-4-3-10-12(16-11)15-8-7-13-10/h3-4,7-9H,5-6H2,1-2H3,(H,14,15,16). The van der Waals surface area contributed by atoms with Crippen molar-refractivity contribution in [2.24, 2.45) is 0 Å². The van der Waals surface area contributed by atoms with Crippen molar-refractivity contribution < 1.29 is 4.21 Å². The van der Waals surface area contributed by atoms with E-state index in [0.717, 1.165) is 24.3 Å². The molecule has 0 radical (unpaired) electrons. The number of rotatable bonds is 5. The van der Waals surface area contributed by atoms with Gasteiger partial charge in [0.1, 0.15) is 11.3 Å². The van der Waals surface area contributed by atoms with E-state index in [1.165, 1.54) is 0 Å². The zero-order chi connectivity index (χ0) is 13.0. The Hall–Kier alpha value is -1.56. The lowest BCUT2D eigenvalue weighted by molar-refractivity contribution is 0.672. The maximum absolute atomic E-state index is 11.2. The molecule has 0 spiro atoms. The first-order chi connectivity index (χ1) is 8.66. The smallest absolute Gasteiger partial charge is 0.180 e. The number of fused-ring (bicyclic) bond motifs is 1. The largest absolute Gasteiger partial charge is 0.370 e. The zero-order valence-electron chi connectivity index (χ0n) is 10.5. The Kier molecular flexibility index (Phi) is 4.19. The van der Waals surface area contributed by atoms with Crippen molar-refractivity contribution >= 4 is 27.8 Å². The molecule has 0 saturated heterocycles. The number of hydrogen-bond donors (Lipinski definition) is 1. The number of nitrogens with one attached hydrogen (secondary N) is 1. The van der Waals surface area contributed by atoms with Gasteiger partial charge in [-0.05, 0) is 18.6 Å². The molecule has 0 aliphatic carbocycles. The van der Waals surface area contributed by atoms with E-state index in [1.807, 2.05) is 19.1 Å². The van der Waals surface area contributed by atoms with E-state index in [1.54, 1.807) is 18.6 Å². The summed E-state index contributed by atoms with van der Waals surface area (Å²) in [6.07, 6.45) is 5.86. The summed E-state index contributed by atoms with van der Waals surface area (Å²) < 4.78 is 11.2. The summed E-state index contributed by atoms with van der Waals surface area (Å²) in [7, 11) is -0.773. The molecule has 0 fully saturated rings. The van der Waals surface area contributed by atoms with Crippen LogP contribution in [0.4, 0.5) is 5.82 Å². The number of anilines is 1. The lowest BCUT2D eigenvalue weighted by atomic mass is 10.3. The van der Waals surface area contributed by atoms with Crippen molar-refractivity contribution in [1.29, 1.82) is 0 Å². The van der Waals surface area contributed by atoms with Crippen LogP contribution in [0.15, 0.2) is 24.5 Å². The van der Waals surface area contributed by atoms with E-state index in [9.17, 15) is 4.21 Å². The maximum atomic E-state index is 11.2. The van der Waals surface area contributed by atoms with Gasteiger partial charge in [0.05, 0.1) is 0 Å². The van der Waals surface area contributed by atoms with Gasteiger partial charge in [-0.2, -0.15) is 0 Å². The molecule has 5 nitrogen and oxygen atoms in total. The van der Waals surface area contributed by atoms with E-state index < -0.39 is 10.8 Å². The zero-order valence-corrected chi connectivity index (χ0v) is 11.3.